The third kappa shape index (κ3) is 2.06. The Labute approximate surface area is 94.2 Å². The molecular weight excluding hydrogens is 206 g/mol. The van der Waals surface area contributed by atoms with E-state index in [-0.39, 0.29) is 18.0 Å². The summed E-state index contributed by atoms with van der Waals surface area (Å²) < 4.78 is 0. The maximum atomic E-state index is 12.1. The molecule has 3 N–H and O–H groups in total. The Balaban J connectivity index is 2.14. The maximum absolute atomic E-state index is 12.1. The minimum absolute atomic E-state index is 0.00725. The van der Waals surface area contributed by atoms with Crippen LogP contribution in [0, 0.1) is 0 Å². The normalized spacial score (nSPS) is 23.1. The van der Waals surface area contributed by atoms with Crippen molar-refractivity contribution in [2.75, 3.05) is 6.54 Å². The standard InChI is InChI=1S/C10H17N5O/c1-7(11)8-4-2-3-5-15(8)10(16)9-12-6-13-14-9/h6-8H,2-5,11H2,1H3,(H,12,13,14). The molecule has 1 amide bonds. The Kier molecular flexibility index (Phi) is 3.19. The molecule has 0 spiro atoms. The Morgan fingerprint density at radius 1 is 1.69 bits per heavy atom. The van der Waals surface area contributed by atoms with Gasteiger partial charge in [0.15, 0.2) is 0 Å². The van der Waals surface area contributed by atoms with E-state index in [1.807, 2.05) is 11.8 Å². The highest BCUT2D eigenvalue weighted by Gasteiger charge is 2.30. The van der Waals surface area contributed by atoms with Crippen LogP contribution in [0.3, 0.4) is 0 Å². The molecule has 6 heteroatoms. The van der Waals surface area contributed by atoms with Crippen molar-refractivity contribution < 1.29 is 4.79 Å². The predicted molar refractivity (Wildman–Crippen MR) is 58.7 cm³/mol. The zero-order valence-corrected chi connectivity index (χ0v) is 9.39. The molecule has 16 heavy (non-hydrogen) atoms. The molecule has 1 saturated heterocycles. The van der Waals surface area contributed by atoms with Gasteiger partial charge in [-0.1, -0.05) is 0 Å². The first-order valence-corrected chi connectivity index (χ1v) is 5.62. The first-order chi connectivity index (χ1) is 7.70. The molecule has 6 nitrogen and oxygen atoms in total. The highest BCUT2D eigenvalue weighted by Crippen LogP contribution is 2.20. The van der Waals surface area contributed by atoms with Gasteiger partial charge in [0, 0.05) is 18.6 Å². The Hall–Kier alpha value is -1.43. The van der Waals surface area contributed by atoms with Crippen LogP contribution in [0.2, 0.25) is 0 Å². The van der Waals surface area contributed by atoms with Crippen molar-refractivity contribution in [2.24, 2.45) is 5.73 Å². The Bertz CT molecular complexity index is 348. The summed E-state index contributed by atoms with van der Waals surface area (Å²) in [5.41, 5.74) is 5.91. The average Bonchev–Trinajstić information content (AvgIpc) is 2.81. The summed E-state index contributed by atoms with van der Waals surface area (Å²) in [6, 6.07) is 0.110. The maximum Gasteiger partial charge on any atom is 0.291 e. The summed E-state index contributed by atoms with van der Waals surface area (Å²) in [5, 5.41) is 6.29. The number of piperidine rings is 1. The highest BCUT2D eigenvalue weighted by molar-refractivity contribution is 5.90. The van der Waals surface area contributed by atoms with Gasteiger partial charge in [0.2, 0.25) is 5.82 Å². The lowest BCUT2D eigenvalue weighted by Crippen LogP contribution is -2.51. The van der Waals surface area contributed by atoms with Gasteiger partial charge >= 0.3 is 0 Å². The molecule has 2 atom stereocenters. The number of nitrogens with two attached hydrogens (primary N) is 1. The summed E-state index contributed by atoms with van der Waals surface area (Å²) in [4.78, 5) is 17.8. The van der Waals surface area contributed by atoms with Crippen LogP contribution in [0.5, 0.6) is 0 Å². The number of H-pyrrole nitrogens is 1. The summed E-state index contributed by atoms with van der Waals surface area (Å²) in [5.74, 6) is 0.201. The largest absolute Gasteiger partial charge is 0.331 e. The minimum atomic E-state index is -0.0977. The summed E-state index contributed by atoms with van der Waals surface area (Å²) in [6.45, 7) is 2.70. The van der Waals surface area contributed by atoms with E-state index < -0.39 is 0 Å². The van der Waals surface area contributed by atoms with Gasteiger partial charge in [-0.15, -0.1) is 0 Å². The topological polar surface area (TPSA) is 87.9 Å². The number of likely N-dealkylation sites (tertiary alicyclic amines) is 1. The summed E-state index contributed by atoms with van der Waals surface area (Å²) in [6.07, 6.45) is 4.48. The van der Waals surface area contributed by atoms with Crippen LogP contribution >= 0.6 is 0 Å². The van der Waals surface area contributed by atoms with E-state index in [9.17, 15) is 4.79 Å². The number of hydrogen-bond donors (Lipinski definition) is 2. The zero-order chi connectivity index (χ0) is 11.5. The smallest absolute Gasteiger partial charge is 0.291 e. The lowest BCUT2D eigenvalue weighted by Gasteiger charge is -2.37. The monoisotopic (exact) mass is 223 g/mol. The van der Waals surface area contributed by atoms with Crippen LogP contribution in [0.25, 0.3) is 0 Å². The second-order valence-corrected chi connectivity index (χ2v) is 4.25. The zero-order valence-electron chi connectivity index (χ0n) is 9.39. The van der Waals surface area contributed by atoms with E-state index in [2.05, 4.69) is 15.2 Å². The van der Waals surface area contributed by atoms with E-state index in [0.717, 1.165) is 25.8 Å². The van der Waals surface area contributed by atoms with Crippen molar-refractivity contribution in [3.05, 3.63) is 12.2 Å². The fraction of sp³-hybridized carbons (Fsp3) is 0.700. The molecule has 1 aromatic rings. The first kappa shape index (κ1) is 11.1. The molecule has 0 radical (unpaired) electrons. The lowest BCUT2D eigenvalue weighted by atomic mass is 9.97. The van der Waals surface area contributed by atoms with Crippen LogP contribution in [0.4, 0.5) is 0 Å². The third-order valence-corrected chi connectivity index (χ3v) is 3.03. The van der Waals surface area contributed by atoms with E-state index in [0.29, 0.717) is 5.82 Å². The van der Waals surface area contributed by atoms with Crippen molar-refractivity contribution in [1.82, 2.24) is 20.1 Å². The van der Waals surface area contributed by atoms with E-state index in [1.165, 1.54) is 6.33 Å². The molecule has 88 valence electrons. The summed E-state index contributed by atoms with van der Waals surface area (Å²) >= 11 is 0. The van der Waals surface area contributed by atoms with Crippen LogP contribution in [-0.4, -0.2) is 44.6 Å². The van der Waals surface area contributed by atoms with Crippen LogP contribution < -0.4 is 5.73 Å². The molecule has 2 unspecified atom stereocenters. The fourth-order valence-corrected chi connectivity index (χ4v) is 2.20. The number of carbonyl (C=O) groups is 1. The van der Waals surface area contributed by atoms with Gasteiger partial charge in [-0.05, 0) is 26.2 Å². The van der Waals surface area contributed by atoms with Gasteiger partial charge in [-0.3, -0.25) is 9.89 Å². The summed E-state index contributed by atoms with van der Waals surface area (Å²) in [7, 11) is 0. The number of nitrogens with zero attached hydrogens (tertiary/aromatic N) is 3. The lowest BCUT2D eigenvalue weighted by molar-refractivity contribution is 0.0571. The van der Waals surface area contributed by atoms with Crippen molar-refractivity contribution in [2.45, 2.75) is 38.3 Å². The first-order valence-electron chi connectivity index (χ1n) is 5.62. The number of rotatable bonds is 2. The highest BCUT2D eigenvalue weighted by atomic mass is 16.2. The molecule has 1 fully saturated rings. The average molecular weight is 223 g/mol. The van der Waals surface area contributed by atoms with Crippen LogP contribution in [0.15, 0.2) is 6.33 Å². The number of aromatic nitrogens is 3. The van der Waals surface area contributed by atoms with Gasteiger partial charge in [-0.2, -0.15) is 5.10 Å². The van der Waals surface area contributed by atoms with Crippen molar-refractivity contribution in [3.8, 4) is 0 Å². The molecule has 0 bridgehead atoms. The second-order valence-electron chi connectivity index (χ2n) is 4.25. The van der Waals surface area contributed by atoms with Gasteiger partial charge < -0.3 is 10.6 Å². The van der Waals surface area contributed by atoms with E-state index in [4.69, 9.17) is 5.73 Å². The van der Waals surface area contributed by atoms with Gasteiger partial charge in [0.1, 0.15) is 6.33 Å². The molecule has 0 aliphatic carbocycles. The predicted octanol–water partition coefficient (Wildman–Crippen LogP) is 0.147. The molecule has 1 aromatic heterocycles. The number of aromatic amines is 1. The minimum Gasteiger partial charge on any atom is -0.331 e. The SMILES string of the molecule is CC(N)C1CCCCN1C(=O)c1ncn[nH]1. The van der Waals surface area contributed by atoms with Gasteiger partial charge in [-0.25, -0.2) is 4.98 Å². The molecule has 1 aliphatic rings. The molecule has 1 aliphatic heterocycles. The Morgan fingerprint density at radius 2 is 2.50 bits per heavy atom. The number of hydrogen-bond acceptors (Lipinski definition) is 4. The van der Waals surface area contributed by atoms with E-state index >= 15 is 0 Å². The van der Waals surface area contributed by atoms with Crippen molar-refractivity contribution in [3.63, 3.8) is 0 Å². The quantitative estimate of drug-likeness (QED) is 0.746. The number of carbonyl (C=O) groups excluding carboxylic acids is 1. The number of nitrogens with one attached hydrogen (secondary N) is 1. The molecular formula is C10H17N5O. The third-order valence-electron chi connectivity index (χ3n) is 3.03. The van der Waals surface area contributed by atoms with Crippen LogP contribution in [0.1, 0.15) is 36.8 Å². The fourth-order valence-electron chi connectivity index (χ4n) is 2.20. The van der Waals surface area contributed by atoms with Crippen molar-refractivity contribution >= 4 is 5.91 Å². The Morgan fingerprint density at radius 3 is 3.12 bits per heavy atom. The van der Waals surface area contributed by atoms with Crippen molar-refractivity contribution in [1.29, 1.82) is 0 Å². The molecule has 0 saturated carbocycles. The molecule has 0 aromatic carbocycles. The van der Waals surface area contributed by atoms with Gasteiger partial charge in [0.25, 0.3) is 5.91 Å². The van der Waals surface area contributed by atoms with E-state index in [1.54, 1.807) is 0 Å². The van der Waals surface area contributed by atoms with Gasteiger partial charge in [0.05, 0.1) is 0 Å². The molecule has 2 rings (SSSR count). The molecule has 2 heterocycles. The second kappa shape index (κ2) is 4.61. The van der Waals surface area contributed by atoms with Crippen LogP contribution in [-0.2, 0) is 0 Å². The number of amides is 1.